The first-order chi connectivity index (χ1) is 8.56. The van der Waals surface area contributed by atoms with Gasteiger partial charge in [0.2, 0.25) is 0 Å². The van der Waals surface area contributed by atoms with Crippen molar-refractivity contribution in [2.24, 2.45) is 0 Å². The van der Waals surface area contributed by atoms with Crippen LogP contribution in [0.4, 0.5) is 5.13 Å². The second-order valence-electron chi connectivity index (χ2n) is 3.62. The number of hydrogen-bond acceptors (Lipinski definition) is 5. The van der Waals surface area contributed by atoms with Crippen LogP contribution in [0.15, 0.2) is 15.9 Å². The number of rotatable bonds is 5. The van der Waals surface area contributed by atoms with Gasteiger partial charge in [0.25, 0.3) is 0 Å². The molecular weight excluding hydrogens is 336 g/mol. The Hall–Kier alpha value is -0.920. The van der Waals surface area contributed by atoms with Gasteiger partial charge in [0.1, 0.15) is 4.88 Å². The second-order valence-corrected chi connectivity index (χ2v) is 7.17. The van der Waals surface area contributed by atoms with Gasteiger partial charge in [-0.3, -0.25) is 0 Å². The Morgan fingerprint density at radius 3 is 2.83 bits per heavy atom. The molecule has 96 valence electrons. The summed E-state index contributed by atoms with van der Waals surface area (Å²) in [5.74, 6) is -0.916. The topological polar surface area (TPSA) is 62.2 Å². The lowest BCUT2D eigenvalue weighted by Gasteiger charge is -1.99. The van der Waals surface area contributed by atoms with E-state index in [0.29, 0.717) is 15.7 Å². The van der Waals surface area contributed by atoms with E-state index in [4.69, 9.17) is 5.11 Å². The van der Waals surface area contributed by atoms with Gasteiger partial charge in [-0.25, -0.2) is 9.78 Å². The van der Waals surface area contributed by atoms with E-state index in [2.05, 4.69) is 32.3 Å². The largest absolute Gasteiger partial charge is 0.477 e. The summed E-state index contributed by atoms with van der Waals surface area (Å²) >= 11 is 6.30. The highest BCUT2D eigenvalue weighted by Crippen LogP contribution is 2.24. The molecule has 0 aliphatic rings. The molecule has 0 atom stereocenters. The zero-order valence-electron chi connectivity index (χ0n) is 9.57. The van der Waals surface area contributed by atoms with Crippen LogP contribution in [0.3, 0.4) is 0 Å². The molecule has 2 N–H and O–H groups in total. The summed E-state index contributed by atoms with van der Waals surface area (Å²) in [6.07, 6.45) is 0.900. The van der Waals surface area contributed by atoms with E-state index in [1.165, 1.54) is 16.2 Å². The number of nitrogens with zero attached hydrogens (tertiary/aromatic N) is 1. The molecule has 0 aromatic carbocycles. The highest BCUT2D eigenvalue weighted by atomic mass is 79.9. The number of hydrogen-bond donors (Lipinski definition) is 2. The highest BCUT2D eigenvalue weighted by molar-refractivity contribution is 9.11. The van der Waals surface area contributed by atoms with Gasteiger partial charge >= 0.3 is 5.97 Å². The zero-order chi connectivity index (χ0) is 13.1. The fourth-order valence-corrected chi connectivity index (χ4v) is 3.76. The van der Waals surface area contributed by atoms with Crippen molar-refractivity contribution in [3.63, 3.8) is 0 Å². The molecule has 0 spiro atoms. The number of aromatic nitrogens is 1. The molecule has 0 unspecified atom stereocenters. The van der Waals surface area contributed by atoms with E-state index >= 15 is 0 Å². The molecule has 18 heavy (non-hydrogen) atoms. The minimum absolute atomic E-state index is 0.302. The first-order valence-corrected chi connectivity index (χ1v) is 7.67. The van der Waals surface area contributed by atoms with Crippen molar-refractivity contribution in [2.45, 2.75) is 13.3 Å². The summed E-state index contributed by atoms with van der Waals surface area (Å²) < 4.78 is 1.12. The Balaban J connectivity index is 1.90. The van der Waals surface area contributed by atoms with Gasteiger partial charge in [0, 0.05) is 11.4 Å². The summed E-state index contributed by atoms with van der Waals surface area (Å²) in [5.41, 5.74) is 0.564. The number of carboxylic acid groups (broad SMARTS) is 1. The first-order valence-electron chi connectivity index (χ1n) is 5.25. The van der Waals surface area contributed by atoms with Crippen molar-refractivity contribution in [3.05, 3.63) is 31.4 Å². The van der Waals surface area contributed by atoms with E-state index in [-0.39, 0.29) is 0 Å². The Bertz CT molecular complexity index is 565. The number of carboxylic acids is 1. The molecule has 2 heterocycles. The van der Waals surface area contributed by atoms with Crippen molar-refractivity contribution in [1.29, 1.82) is 0 Å². The number of nitrogens with one attached hydrogen (secondary N) is 1. The molecule has 0 radical (unpaired) electrons. The molecule has 0 aliphatic heterocycles. The van der Waals surface area contributed by atoms with Gasteiger partial charge in [-0.15, -0.1) is 11.3 Å². The smallest absolute Gasteiger partial charge is 0.347 e. The molecule has 2 aromatic heterocycles. The van der Waals surface area contributed by atoms with Crippen molar-refractivity contribution < 1.29 is 9.90 Å². The lowest BCUT2D eigenvalue weighted by Crippen LogP contribution is -2.03. The number of thiophene rings is 1. The molecule has 0 saturated heterocycles. The van der Waals surface area contributed by atoms with Crippen LogP contribution in [0.1, 0.15) is 20.2 Å². The van der Waals surface area contributed by atoms with Crippen LogP contribution in [-0.4, -0.2) is 22.6 Å². The van der Waals surface area contributed by atoms with Crippen LogP contribution in [0.2, 0.25) is 0 Å². The second kappa shape index (κ2) is 5.81. The number of thiazole rings is 1. The predicted octanol–water partition coefficient (Wildman–Crippen LogP) is 3.63. The van der Waals surface area contributed by atoms with Crippen molar-refractivity contribution in [3.8, 4) is 0 Å². The Morgan fingerprint density at radius 2 is 2.28 bits per heavy atom. The minimum Gasteiger partial charge on any atom is -0.477 e. The molecule has 2 aromatic rings. The van der Waals surface area contributed by atoms with Crippen LogP contribution >= 0.6 is 38.6 Å². The average molecular weight is 347 g/mol. The SMILES string of the molecule is Cc1nc(NCCc2ccc(Br)s2)sc1C(=O)O. The quantitative estimate of drug-likeness (QED) is 0.867. The third-order valence-electron chi connectivity index (χ3n) is 2.27. The van der Waals surface area contributed by atoms with Crippen LogP contribution in [0.5, 0.6) is 0 Å². The van der Waals surface area contributed by atoms with Gasteiger partial charge in [0.15, 0.2) is 5.13 Å². The number of aromatic carboxylic acids is 1. The third-order valence-corrected chi connectivity index (χ3v) is 5.05. The third kappa shape index (κ3) is 3.30. The summed E-state index contributed by atoms with van der Waals surface area (Å²) in [6.45, 7) is 2.46. The molecule has 0 aliphatic carbocycles. The van der Waals surface area contributed by atoms with Crippen LogP contribution in [-0.2, 0) is 6.42 Å². The zero-order valence-corrected chi connectivity index (χ0v) is 12.8. The number of anilines is 1. The molecule has 0 fully saturated rings. The van der Waals surface area contributed by atoms with Gasteiger partial charge in [-0.1, -0.05) is 11.3 Å². The Kier molecular flexibility index (Phi) is 4.36. The Labute approximate surface area is 121 Å². The summed E-state index contributed by atoms with van der Waals surface area (Å²) in [4.78, 5) is 16.6. The molecule has 0 saturated carbocycles. The van der Waals surface area contributed by atoms with Crippen LogP contribution < -0.4 is 5.32 Å². The summed E-state index contributed by atoms with van der Waals surface area (Å²) in [7, 11) is 0. The van der Waals surface area contributed by atoms with Crippen molar-refractivity contribution in [2.75, 3.05) is 11.9 Å². The van der Waals surface area contributed by atoms with E-state index in [9.17, 15) is 4.79 Å². The van der Waals surface area contributed by atoms with Crippen LogP contribution in [0.25, 0.3) is 0 Å². The monoisotopic (exact) mass is 346 g/mol. The minimum atomic E-state index is -0.916. The Morgan fingerprint density at radius 1 is 1.50 bits per heavy atom. The highest BCUT2D eigenvalue weighted by Gasteiger charge is 2.13. The number of halogens is 1. The van der Waals surface area contributed by atoms with Crippen LogP contribution in [0, 0.1) is 6.92 Å². The molecule has 7 heteroatoms. The predicted molar refractivity (Wildman–Crippen MR) is 78.0 cm³/mol. The van der Waals surface area contributed by atoms with Gasteiger partial charge < -0.3 is 10.4 Å². The summed E-state index contributed by atoms with van der Waals surface area (Å²) in [5, 5.41) is 12.7. The average Bonchev–Trinajstić information content (AvgIpc) is 2.85. The maximum atomic E-state index is 10.9. The summed E-state index contributed by atoms with van der Waals surface area (Å²) in [6, 6.07) is 4.10. The fraction of sp³-hybridized carbons (Fsp3) is 0.273. The molecule has 2 rings (SSSR count). The standard InChI is InChI=1S/C11H11BrN2O2S2/c1-6-9(10(15)16)18-11(14-6)13-5-4-7-2-3-8(12)17-7/h2-3H,4-5H2,1H3,(H,13,14)(H,15,16). The van der Waals surface area contributed by atoms with Crippen molar-refractivity contribution >= 4 is 49.7 Å². The van der Waals surface area contributed by atoms with Crippen molar-refractivity contribution in [1.82, 2.24) is 4.98 Å². The van der Waals surface area contributed by atoms with Gasteiger partial charge in [-0.05, 0) is 41.4 Å². The lowest BCUT2D eigenvalue weighted by atomic mass is 10.3. The van der Waals surface area contributed by atoms with E-state index in [0.717, 1.165) is 16.8 Å². The maximum Gasteiger partial charge on any atom is 0.347 e. The molecule has 0 bridgehead atoms. The van der Waals surface area contributed by atoms with E-state index in [1.807, 2.05) is 6.07 Å². The van der Waals surface area contributed by atoms with Gasteiger partial charge in [-0.2, -0.15) is 0 Å². The first kappa shape index (κ1) is 13.5. The molecular formula is C11H11BrN2O2S2. The van der Waals surface area contributed by atoms with Gasteiger partial charge in [0.05, 0.1) is 9.48 Å². The lowest BCUT2D eigenvalue weighted by molar-refractivity contribution is 0.0701. The normalized spacial score (nSPS) is 10.6. The van der Waals surface area contributed by atoms with E-state index < -0.39 is 5.97 Å². The number of carbonyl (C=O) groups is 1. The van der Waals surface area contributed by atoms with E-state index in [1.54, 1.807) is 18.3 Å². The maximum absolute atomic E-state index is 10.9. The number of aryl methyl sites for hydroxylation is 1. The fourth-order valence-electron chi connectivity index (χ4n) is 1.45. The molecule has 0 amide bonds. The molecule has 4 nitrogen and oxygen atoms in total.